The van der Waals surface area contributed by atoms with Crippen LogP contribution in [0, 0.1) is 0 Å². The molecule has 0 unspecified atom stereocenters. The average Bonchev–Trinajstić information content (AvgIpc) is 2.34. The van der Waals surface area contributed by atoms with Gasteiger partial charge in [-0.2, -0.15) is 52.7 Å². The van der Waals surface area contributed by atoms with Crippen LogP contribution in [0.3, 0.4) is 0 Å². The molecular formula is C10H10F12O4. The minimum absolute atomic E-state index is 0.462. The van der Waals surface area contributed by atoms with Crippen molar-refractivity contribution in [3.8, 4) is 0 Å². The number of rotatable bonds is 11. The molecule has 0 atom stereocenters. The molecule has 0 aliphatic rings. The van der Waals surface area contributed by atoms with E-state index in [1.807, 2.05) is 4.74 Å². The second-order valence-corrected chi connectivity index (χ2v) is 4.43. The number of hydrogen-bond acceptors (Lipinski definition) is 4. The third-order valence-corrected chi connectivity index (χ3v) is 2.21. The molecule has 4 nitrogen and oxygen atoms in total. The summed E-state index contributed by atoms with van der Waals surface area (Å²) >= 11 is 0. The normalized spacial score (nSPS) is 15.5. The zero-order chi connectivity index (χ0) is 21.2. The molecule has 0 aromatic carbocycles. The fourth-order valence-corrected chi connectivity index (χ4v) is 1.04. The summed E-state index contributed by atoms with van der Waals surface area (Å²) in [5.41, 5.74) is 0. The minimum atomic E-state index is -6.83. The van der Waals surface area contributed by atoms with Crippen molar-refractivity contribution in [3.05, 3.63) is 0 Å². The van der Waals surface area contributed by atoms with Crippen molar-refractivity contribution in [1.82, 2.24) is 0 Å². The minimum Gasteiger partial charge on any atom is -0.376 e. The molecule has 0 aliphatic heterocycles. The Balaban J connectivity index is 5.48. The Kier molecular flexibility index (Phi) is 7.26. The maximum absolute atomic E-state index is 13.0. The Bertz CT molecular complexity index is 467. The summed E-state index contributed by atoms with van der Waals surface area (Å²) in [5.74, 6) is 0. The van der Waals surface area contributed by atoms with E-state index in [9.17, 15) is 52.7 Å². The predicted molar refractivity (Wildman–Crippen MR) is 55.1 cm³/mol. The van der Waals surface area contributed by atoms with E-state index in [1.54, 1.807) is 0 Å². The first-order valence-corrected chi connectivity index (χ1v) is 6.10. The summed E-state index contributed by atoms with van der Waals surface area (Å²) in [6.45, 7) is -1.60. The van der Waals surface area contributed by atoms with Crippen molar-refractivity contribution in [1.29, 1.82) is 0 Å². The van der Waals surface area contributed by atoms with Gasteiger partial charge in [-0.15, -0.1) is 0 Å². The van der Waals surface area contributed by atoms with Crippen LogP contribution in [0.25, 0.3) is 0 Å². The van der Waals surface area contributed by atoms with Gasteiger partial charge < -0.3 is 4.74 Å². The van der Waals surface area contributed by atoms with Gasteiger partial charge in [-0.05, 0) is 0 Å². The van der Waals surface area contributed by atoms with Gasteiger partial charge in [0.25, 0.3) is 0 Å². The summed E-state index contributed by atoms with van der Waals surface area (Å²) in [4.78, 5) is 0. The van der Waals surface area contributed by atoms with Crippen molar-refractivity contribution < 1.29 is 71.6 Å². The van der Waals surface area contributed by atoms with E-state index in [4.69, 9.17) is 0 Å². The first kappa shape index (κ1) is 25.0. The zero-order valence-corrected chi connectivity index (χ0v) is 12.6. The van der Waals surface area contributed by atoms with Crippen LogP contribution < -0.4 is 0 Å². The van der Waals surface area contributed by atoms with Gasteiger partial charge in [-0.25, -0.2) is 14.2 Å². The molecule has 0 N–H and O–H groups in total. The highest BCUT2D eigenvalue weighted by Gasteiger charge is 2.73. The van der Waals surface area contributed by atoms with Gasteiger partial charge >= 0.3 is 36.7 Å². The first-order chi connectivity index (χ1) is 11.2. The van der Waals surface area contributed by atoms with Gasteiger partial charge in [0, 0.05) is 13.5 Å². The van der Waals surface area contributed by atoms with Crippen LogP contribution in [0.2, 0.25) is 0 Å². The summed E-state index contributed by atoms with van der Waals surface area (Å²) in [5, 5.41) is 0. The van der Waals surface area contributed by atoms with Crippen molar-refractivity contribution in [2.75, 3.05) is 13.7 Å². The summed E-state index contributed by atoms with van der Waals surface area (Å²) in [6.07, 6.45) is -38.6. The Morgan fingerprint density at radius 3 is 1.15 bits per heavy atom. The summed E-state index contributed by atoms with van der Waals surface area (Å²) in [6, 6.07) is 0. The van der Waals surface area contributed by atoms with E-state index in [1.165, 1.54) is 0 Å². The fourth-order valence-electron chi connectivity index (χ4n) is 1.04. The van der Waals surface area contributed by atoms with E-state index >= 15 is 0 Å². The fraction of sp³-hybridized carbons (Fsp3) is 1.00. The smallest absolute Gasteiger partial charge is 0.376 e. The lowest BCUT2D eigenvalue weighted by atomic mass is 10.4. The molecule has 0 rings (SSSR count). The number of methoxy groups -OCH3 is 1. The molecule has 16 heteroatoms. The van der Waals surface area contributed by atoms with Gasteiger partial charge in [-0.3, -0.25) is 0 Å². The number of halogens is 12. The SMILES string of the molecule is CCC(F)(F)OC(F)(F)C(F)(F)OC(F)(F)C(F)(F)OC(F)(F)COC. The van der Waals surface area contributed by atoms with Crippen LogP contribution in [0.1, 0.15) is 13.3 Å². The van der Waals surface area contributed by atoms with Gasteiger partial charge in [0.2, 0.25) is 0 Å². The summed E-state index contributed by atoms with van der Waals surface area (Å²) in [7, 11) is 0.490. The molecule has 0 bridgehead atoms. The van der Waals surface area contributed by atoms with E-state index in [0.29, 0.717) is 14.0 Å². The van der Waals surface area contributed by atoms with E-state index in [2.05, 4.69) is 14.2 Å². The van der Waals surface area contributed by atoms with Crippen LogP contribution in [-0.2, 0) is 18.9 Å². The number of alkyl halides is 12. The molecule has 0 heterocycles. The predicted octanol–water partition coefficient (Wildman–Crippen LogP) is 4.65. The lowest BCUT2D eigenvalue weighted by Gasteiger charge is -2.34. The van der Waals surface area contributed by atoms with Crippen LogP contribution in [0.4, 0.5) is 52.7 Å². The summed E-state index contributed by atoms with van der Waals surface area (Å²) < 4.78 is 164. The molecule has 0 aromatic rings. The third kappa shape index (κ3) is 6.31. The van der Waals surface area contributed by atoms with E-state index in [0.717, 1.165) is 0 Å². The highest BCUT2D eigenvalue weighted by molar-refractivity contribution is 4.76. The molecule has 0 saturated heterocycles. The Labute approximate surface area is 136 Å². The highest BCUT2D eigenvalue weighted by atomic mass is 19.4. The topological polar surface area (TPSA) is 36.9 Å². The molecule has 0 saturated carbocycles. The quantitative estimate of drug-likeness (QED) is 0.455. The Morgan fingerprint density at radius 1 is 0.538 bits per heavy atom. The monoisotopic (exact) mass is 422 g/mol. The lowest BCUT2D eigenvalue weighted by molar-refractivity contribution is -0.557. The maximum Gasteiger partial charge on any atom is 0.453 e. The van der Waals surface area contributed by atoms with E-state index in [-0.39, 0.29) is 0 Å². The Morgan fingerprint density at radius 2 is 0.846 bits per heavy atom. The molecule has 158 valence electrons. The van der Waals surface area contributed by atoms with Crippen LogP contribution in [-0.4, -0.2) is 50.4 Å². The molecule has 0 aliphatic carbocycles. The third-order valence-electron chi connectivity index (χ3n) is 2.21. The van der Waals surface area contributed by atoms with Crippen molar-refractivity contribution in [2.45, 2.75) is 50.0 Å². The standard InChI is InChI=1S/C10H10F12O4/c1-3-5(11,12)24-7(15,16)9(19,20)26-10(21,22)8(17,18)25-6(13,14)4-23-2/h3-4H2,1-2H3. The molecule has 0 radical (unpaired) electrons. The zero-order valence-electron chi connectivity index (χ0n) is 12.6. The van der Waals surface area contributed by atoms with Crippen LogP contribution in [0.15, 0.2) is 0 Å². The Hall–Kier alpha value is -1.00. The molecule has 0 aromatic heterocycles. The highest BCUT2D eigenvalue weighted by Crippen LogP contribution is 2.48. The second kappa shape index (κ2) is 7.55. The van der Waals surface area contributed by atoms with Gasteiger partial charge in [0.15, 0.2) is 0 Å². The van der Waals surface area contributed by atoms with Crippen molar-refractivity contribution >= 4 is 0 Å². The number of ether oxygens (including phenoxy) is 4. The second-order valence-electron chi connectivity index (χ2n) is 4.43. The maximum atomic E-state index is 13.0. The van der Waals surface area contributed by atoms with Crippen LogP contribution in [0.5, 0.6) is 0 Å². The van der Waals surface area contributed by atoms with E-state index < -0.39 is 49.7 Å². The van der Waals surface area contributed by atoms with Gasteiger partial charge in [-0.1, -0.05) is 6.92 Å². The van der Waals surface area contributed by atoms with Crippen LogP contribution >= 0.6 is 0 Å². The molecular weight excluding hydrogens is 412 g/mol. The van der Waals surface area contributed by atoms with Crippen molar-refractivity contribution in [3.63, 3.8) is 0 Å². The molecule has 0 spiro atoms. The van der Waals surface area contributed by atoms with Gasteiger partial charge in [0.05, 0.1) is 0 Å². The molecule has 0 fully saturated rings. The molecule has 26 heavy (non-hydrogen) atoms. The number of hydrogen-bond donors (Lipinski definition) is 0. The molecule has 0 amide bonds. The van der Waals surface area contributed by atoms with Crippen molar-refractivity contribution in [2.24, 2.45) is 0 Å². The lowest BCUT2D eigenvalue weighted by Crippen LogP contribution is -2.57. The van der Waals surface area contributed by atoms with Gasteiger partial charge in [0.1, 0.15) is 6.61 Å². The largest absolute Gasteiger partial charge is 0.453 e. The average molecular weight is 422 g/mol. The first-order valence-electron chi connectivity index (χ1n) is 6.10.